The predicted molar refractivity (Wildman–Crippen MR) is 153 cm³/mol. The Morgan fingerprint density at radius 2 is 1.90 bits per heavy atom. The second-order valence-corrected chi connectivity index (χ2v) is 10.7. The number of primary amides is 1. The first kappa shape index (κ1) is 25.5. The van der Waals surface area contributed by atoms with Gasteiger partial charge >= 0.3 is 6.03 Å². The summed E-state index contributed by atoms with van der Waals surface area (Å²) >= 11 is 1.16. The van der Waals surface area contributed by atoms with E-state index in [1.807, 2.05) is 19.1 Å². The van der Waals surface area contributed by atoms with Crippen LogP contribution in [0.2, 0.25) is 0 Å². The van der Waals surface area contributed by atoms with Gasteiger partial charge in [-0.1, -0.05) is 6.58 Å². The van der Waals surface area contributed by atoms with E-state index >= 15 is 0 Å². The molecule has 0 radical (unpaired) electrons. The van der Waals surface area contributed by atoms with Gasteiger partial charge in [-0.2, -0.15) is 0 Å². The van der Waals surface area contributed by atoms with Gasteiger partial charge in [-0.3, -0.25) is 24.4 Å². The lowest BCUT2D eigenvalue weighted by molar-refractivity contribution is -0.117. The molecule has 3 N–H and O–H groups in total. The topological polar surface area (TPSA) is 131 Å². The molecular weight excluding hydrogens is 528 g/mol. The zero-order valence-electron chi connectivity index (χ0n) is 21.7. The number of carbonyl (C=O) groups excluding carboxylic acids is 3. The number of aromatic nitrogens is 2. The van der Waals surface area contributed by atoms with Gasteiger partial charge in [-0.05, 0) is 74.7 Å². The van der Waals surface area contributed by atoms with Gasteiger partial charge in [0.05, 0.1) is 40.7 Å². The van der Waals surface area contributed by atoms with Crippen LogP contribution in [0.15, 0.2) is 67.5 Å². The molecule has 0 unspecified atom stereocenters. The molecule has 3 aromatic heterocycles. The summed E-state index contributed by atoms with van der Waals surface area (Å²) in [4.78, 5) is 52.0. The van der Waals surface area contributed by atoms with E-state index in [0.29, 0.717) is 51.6 Å². The molecule has 1 aromatic carbocycles. The molecule has 2 atom stereocenters. The standard InChI is InChI=1S/C29H26N6O4S/c1-3-23(36)33-20-5-4-6-21(20)35-25-24-22(13-14-31-28(24)40-26(25)27(30)37)34(29(35)38)17-8-11-18(12-9-17)39-19-10-7-16(2)32-15-19/h3,7-15,20-21H,1,4-6H2,2H3,(H2,30,37)(H,33,36)/t20-,21+/m0/s1. The second kappa shape index (κ2) is 10.1. The fourth-order valence-electron chi connectivity index (χ4n) is 5.41. The van der Waals surface area contributed by atoms with Gasteiger partial charge in [0.25, 0.3) is 5.91 Å². The van der Waals surface area contributed by atoms with Gasteiger partial charge in [0.2, 0.25) is 5.91 Å². The molecule has 4 heterocycles. The van der Waals surface area contributed by atoms with Crippen LogP contribution in [0, 0.1) is 6.92 Å². The maximum absolute atomic E-state index is 14.4. The normalized spacial score (nSPS) is 18.2. The molecule has 0 spiro atoms. The van der Waals surface area contributed by atoms with Crippen LogP contribution in [-0.2, 0) is 4.79 Å². The molecule has 1 aliphatic carbocycles. The van der Waals surface area contributed by atoms with E-state index in [-0.39, 0.29) is 28.9 Å². The molecule has 11 heteroatoms. The van der Waals surface area contributed by atoms with Crippen molar-refractivity contribution in [1.82, 2.24) is 15.3 Å². The fourth-order valence-corrected chi connectivity index (χ4v) is 6.42. The number of urea groups is 1. The number of benzene rings is 1. The Bertz CT molecular complexity index is 1650. The van der Waals surface area contributed by atoms with Crippen LogP contribution in [0.4, 0.5) is 21.9 Å². The van der Waals surface area contributed by atoms with Crippen LogP contribution in [0.3, 0.4) is 0 Å². The van der Waals surface area contributed by atoms with E-state index in [1.165, 1.54) is 6.08 Å². The molecule has 10 nitrogen and oxygen atoms in total. The Labute approximate surface area is 234 Å². The highest BCUT2D eigenvalue weighted by Gasteiger charge is 2.45. The van der Waals surface area contributed by atoms with Crippen molar-refractivity contribution < 1.29 is 19.1 Å². The first-order valence-corrected chi connectivity index (χ1v) is 13.7. The summed E-state index contributed by atoms with van der Waals surface area (Å²) in [6, 6.07) is 11.6. The van der Waals surface area contributed by atoms with Crippen LogP contribution in [-0.4, -0.2) is 39.9 Å². The lowest BCUT2D eigenvalue weighted by atomic mass is 10.0. The van der Waals surface area contributed by atoms with Gasteiger partial charge < -0.3 is 15.8 Å². The number of nitrogens with two attached hydrogens (primary N) is 1. The minimum Gasteiger partial charge on any atom is -0.456 e. The van der Waals surface area contributed by atoms with E-state index in [4.69, 9.17) is 10.5 Å². The first-order valence-electron chi connectivity index (χ1n) is 12.8. The highest BCUT2D eigenvalue weighted by Crippen LogP contribution is 2.50. The lowest BCUT2D eigenvalue weighted by Gasteiger charge is -2.40. The molecule has 1 saturated carbocycles. The van der Waals surface area contributed by atoms with Crippen molar-refractivity contribution in [1.29, 1.82) is 0 Å². The van der Waals surface area contributed by atoms with Crippen molar-refractivity contribution in [3.8, 4) is 11.5 Å². The third kappa shape index (κ3) is 4.34. The number of hydrogen-bond acceptors (Lipinski definition) is 7. The van der Waals surface area contributed by atoms with Crippen molar-refractivity contribution in [2.75, 3.05) is 9.80 Å². The van der Waals surface area contributed by atoms with E-state index in [9.17, 15) is 14.4 Å². The largest absolute Gasteiger partial charge is 0.456 e. The highest BCUT2D eigenvalue weighted by molar-refractivity contribution is 7.21. The molecule has 0 saturated heterocycles. The minimum absolute atomic E-state index is 0.263. The lowest BCUT2D eigenvalue weighted by Crippen LogP contribution is -2.55. The number of pyridine rings is 2. The molecule has 6 rings (SSSR count). The molecular formula is C29H26N6O4S. The number of ether oxygens (including phenoxy) is 1. The number of anilines is 3. The minimum atomic E-state index is -0.632. The summed E-state index contributed by atoms with van der Waals surface area (Å²) < 4.78 is 5.93. The first-order chi connectivity index (χ1) is 19.4. The zero-order valence-corrected chi connectivity index (χ0v) is 22.5. The fraction of sp³-hybridized carbons (Fsp3) is 0.207. The molecule has 1 aliphatic heterocycles. The number of carbonyl (C=O) groups is 3. The van der Waals surface area contributed by atoms with Gasteiger partial charge in [-0.15, -0.1) is 11.3 Å². The Kier molecular flexibility index (Phi) is 6.43. The monoisotopic (exact) mass is 554 g/mol. The quantitative estimate of drug-likeness (QED) is 0.302. The number of rotatable bonds is 7. The van der Waals surface area contributed by atoms with Gasteiger partial charge in [-0.25, -0.2) is 9.78 Å². The van der Waals surface area contributed by atoms with Gasteiger partial charge in [0.15, 0.2) is 0 Å². The van der Waals surface area contributed by atoms with Crippen molar-refractivity contribution in [3.63, 3.8) is 0 Å². The van der Waals surface area contributed by atoms with Crippen molar-refractivity contribution in [3.05, 3.63) is 78.1 Å². The molecule has 4 aromatic rings. The van der Waals surface area contributed by atoms with Crippen LogP contribution >= 0.6 is 11.3 Å². The van der Waals surface area contributed by atoms with Crippen molar-refractivity contribution >= 4 is 56.5 Å². The summed E-state index contributed by atoms with van der Waals surface area (Å²) in [5, 5.41) is 3.64. The zero-order chi connectivity index (χ0) is 28.0. The Hall–Kier alpha value is -4.77. The molecule has 1 fully saturated rings. The summed E-state index contributed by atoms with van der Waals surface area (Å²) in [7, 11) is 0. The van der Waals surface area contributed by atoms with E-state index in [2.05, 4.69) is 21.9 Å². The number of nitrogens with zero attached hydrogens (tertiary/aromatic N) is 4. The van der Waals surface area contributed by atoms with Crippen LogP contribution < -0.4 is 25.6 Å². The summed E-state index contributed by atoms with van der Waals surface area (Å²) in [6.45, 7) is 5.45. The van der Waals surface area contributed by atoms with Crippen LogP contribution in [0.1, 0.15) is 34.6 Å². The Morgan fingerprint density at radius 1 is 1.12 bits per heavy atom. The summed E-state index contributed by atoms with van der Waals surface area (Å²) in [5.41, 5.74) is 8.35. The second-order valence-electron chi connectivity index (χ2n) is 9.69. The highest BCUT2D eigenvalue weighted by atomic mass is 32.1. The Morgan fingerprint density at radius 3 is 2.60 bits per heavy atom. The SMILES string of the molecule is C=CC(=O)N[C@H]1CCC[C@H]1N1C(=O)N(c2ccc(Oc3ccc(C)nc3)cc2)c2ccnc3sc(C(N)=O)c1c23. The molecule has 40 heavy (non-hydrogen) atoms. The van der Waals surface area contributed by atoms with Gasteiger partial charge in [0.1, 0.15) is 21.2 Å². The molecule has 2 aliphatic rings. The van der Waals surface area contributed by atoms with Crippen molar-refractivity contribution in [2.24, 2.45) is 5.73 Å². The number of hydrogen-bond donors (Lipinski definition) is 2. The maximum Gasteiger partial charge on any atom is 0.334 e. The van der Waals surface area contributed by atoms with Crippen LogP contribution in [0.5, 0.6) is 11.5 Å². The summed E-state index contributed by atoms with van der Waals surface area (Å²) in [6.07, 6.45) is 6.61. The average molecular weight is 555 g/mol. The number of nitrogens with one attached hydrogen (secondary N) is 1. The molecule has 202 valence electrons. The molecule has 0 bridgehead atoms. The predicted octanol–water partition coefficient (Wildman–Crippen LogP) is 5.19. The maximum atomic E-state index is 14.4. The van der Waals surface area contributed by atoms with Crippen molar-refractivity contribution in [2.45, 2.75) is 38.3 Å². The number of amides is 4. The third-order valence-corrected chi connectivity index (χ3v) is 8.29. The van der Waals surface area contributed by atoms with E-state index in [1.54, 1.807) is 52.5 Å². The third-order valence-electron chi connectivity index (χ3n) is 7.19. The van der Waals surface area contributed by atoms with Gasteiger partial charge in [0, 0.05) is 11.9 Å². The average Bonchev–Trinajstić information content (AvgIpc) is 3.57. The Balaban J connectivity index is 1.44. The molecule has 4 amide bonds. The van der Waals surface area contributed by atoms with E-state index in [0.717, 1.165) is 23.5 Å². The number of aryl methyl sites for hydroxylation is 1. The number of thiophene rings is 1. The smallest absolute Gasteiger partial charge is 0.334 e. The summed E-state index contributed by atoms with van der Waals surface area (Å²) in [5.74, 6) is 0.244. The van der Waals surface area contributed by atoms with Crippen LogP contribution in [0.25, 0.3) is 10.2 Å². The van der Waals surface area contributed by atoms with E-state index < -0.39 is 5.91 Å².